The quantitative estimate of drug-likeness (QED) is 0.322. The largest absolute Gasteiger partial charge is 0.426 e. The second kappa shape index (κ2) is 10.0. The fraction of sp³-hybridized carbons (Fsp3) is 0.310. The van der Waals surface area contributed by atoms with Crippen molar-refractivity contribution in [2.45, 2.75) is 46.2 Å². The lowest BCUT2D eigenvalue weighted by molar-refractivity contribution is -0.134. The Hall–Kier alpha value is -4.20. The van der Waals surface area contributed by atoms with Crippen molar-refractivity contribution in [3.05, 3.63) is 72.1 Å². The van der Waals surface area contributed by atoms with Crippen LogP contribution in [0.1, 0.15) is 31.9 Å². The Balaban J connectivity index is 1.37. The molecule has 190 valence electrons. The lowest BCUT2D eigenvalue weighted by Crippen LogP contribution is -2.58. The van der Waals surface area contributed by atoms with E-state index >= 15 is 0 Å². The summed E-state index contributed by atoms with van der Waals surface area (Å²) in [5, 5.41) is 0.897. The molecule has 1 N–H and O–H groups in total. The molecule has 1 amide bonds. The van der Waals surface area contributed by atoms with Crippen LogP contribution in [0, 0.1) is 6.92 Å². The molecule has 0 aliphatic carbocycles. The van der Waals surface area contributed by atoms with Gasteiger partial charge in [0.2, 0.25) is 5.91 Å². The highest BCUT2D eigenvalue weighted by atomic mass is 16.5. The van der Waals surface area contributed by atoms with Crippen molar-refractivity contribution in [3.8, 4) is 17.0 Å². The van der Waals surface area contributed by atoms with Crippen LogP contribution in [0.3, 0.4) is 0 Å². The number of piperazine rings is 1. The number of aryl methyl sites for hydroxylation is 1. The monoisotopic (exact) mass is 497 g/mol. The van der Waals surface area contributed by atoms with Gasteiger partial charge in [-0.3, -0.25) is 9.59 Å². The number of ether oxygens (including phenoxy) is 1. The van der Waals surface area contributed by atoms with Crippen LogP contribution in [-0.4, -0.2) is 56.9 Å². The van der Waals surface area contributed by atoms with Crippen molar-refractivity contribution < 1.29 is 14.3 Å². The van der Waals surface area contributed by atoms with E-state index in [0.29, 0.717) is 5.75 Å². The first kappa shape index (κ1) is 24.5. The van der Waals surface area contributed by atoms with Crippen LogP contribution in [0.25, 0.3) is 22.3 Å². The van der Waals surface area contributed by atoms with Gasteiger partial charge in [-0.1, -0.05) is 23.8 Å². The van der Waals surface area contributed by atoms with Crippen molar-refractivity contribution in [2.75, 3.05) is 18.0 Å². The smallest absolute Gasteiger partial charge is 0.315 e. The molecule has 4 aromatic rings. The van der Waals surface area contributed by atoms with E-state index in [9.17, 15) is 9.59 Å². The lowest BCUT2D eigenvalue weighted by atomic mass is 10.1. The zero-order valence-corrected chi connectivity index (χ0v) is 21.6. The van der Waals surface area contributed by atoms with Gasteiger partial charge in [-0.2, -0.15) is 0 Å². The zero-order chi connectivity index (χ0) is 26.1. The molecule has 0 bridgehead atoms. The van der Waals surface area contributed by atoms with E-state index in [-0.39, 0.29) is 30.4 Å². The number of aromatic amines is 1. The number of hydrogen-bond acceptors (Lipinski definition) is 6. The Labute approximate surface area is 216 Å². The zero-order valence-electron chi connectivity index (χ0n) is 21.6. The normalized spacial score (nSPS) is 17.7. The molecule has 8 nitrogen and oxygen atoms in total. The SMILES string of the molecule is CC(=O)N1[C@H](C)CN(c2cccc(-c3c[nH]c4ncc(CC(=O)Oc5ccc(C)cc5)cc34)n2)C[C@@H]1C. The summed E-state index contributed by atoms with van der Waals surface area (Å²) < 4.78 is 5.49. The molecule has 0 unspecified atom stereocenters. The number of amides is 1. The van der Waals surface area contributed by atoms with Gasteiger partial charge in [0.05, 0.1) is 12.1 Å². The Morgan fingerprint density at radius 3 is 2.51 bits per heavy atom. The molecular formula is C29H31N5O3. The van der Waals surface area contributed by atoms with Crippen molar-refractivity contribution in [1.82, 2.24) is 19.9 Å². The highest BCUT2D eigenvalue weighted by Gasteiger charge is 2.31. The maximum atomic E-state index is 12.5. The van der Waals surface area contributed by atoms with Crippen LogP contribution in [0.4, 0.5) is 5.82 Å². The van der Waals surface area contributed by atoms with Crippen molar-refractivity contribution >= 4 is 28.7 Å². The van der Waals surface area contributed by atoms with Gasteiger partial charge in [0, 0.05) is 55.4 Å². The van der Waals surface area contributed by atoms with E-state index in [4.69, 9.17) is 9.72 Å². The highest BCUT2D eigenvalue weighted by molar-refractivity contribution is 5.93. The van der Waals surface area contributed by atoms with Crippen LogP contribution in [-0.2, 0) is 16.0 Å². The summed E-state index contributed by atoms with van der Waals surface area (Å²) in [5.41, 5.74) is 4.34. The molecule has 1 saturated heterocycles. The molecular weight excluding hydrogens is 466 g/mol. The summed E-state index contributed by atoms with van der Waals surface area (Å²) >= 11 is 0. The summed E-state index contributed by atoms with van der Waals surface area (Å²) in [6.07, 6.45) is 3.71. The van der Waals surface area contributed by atoms with E-state index in [0.717, 1.165) is 52.3 Å². The topological polar surface area (TPSA) is 91.4 Å². The standard InChI is InChI=1S/C29H31N5O3/c1-18-8-10-23(11-9-18)37-28(36)13-22-12-24-25(15-31-29(24)30-14-22)26-6-5-7-27(32-26)33-16-19(2)34(21(4)35)20(3)17-33/h5-12,14-15,19-20H,13,16-17H2,1-4H3,(H,30,31)/t19-,20+. The maximum Gasteiger partial charge on any atom is 0.315 e. The minimum absolute atomic E-state index is 0.103. The average Bonchev–Trinajstić information content (AvgIpc) is 3.28. The molecule has 0 saturated carbocycles. The number of carbonyl (C=O) groups excluding carboxylic acids is 2. The molecule has 1 aliphatic rings. The molecule has 2 atom stereocenters. The molecule has 1 fully saturated rings. The van der Waals surface area contributed by atoms with Gasteiger partial charge in [-0.25, -0.2) is 9.97 Å². The summed E-state index contributed by atoms with van der Waals surface area (Å²) in [6.45, 7) is 9.21. The second-order valence-corrected chi connectivity index (χ2v) is 9.82. The number of fused-ring (bicyclic) bond motifs is 1. The molecule has 8 heteroatoms. The number of anilines is 1. The van der Waals surface area contributed by atoms with E-state index in [1.165, 1.54) is 0 Å². The van der Waals surface area contributed by atoms with Gasteiger partial charge >= 0.3 is 5.97 Å². The van der Waals surface area contributed by atoms with Crippen molar-refractivity contribution in [1.29, 1.82) is 0 Å². The number of aromatic nitrogens is 3. The average molecular weight is 498 g/mol. The van der Waals surface area contributed by atoms with E-state index in [1.807, 2.05) is 54.4 Å². The first-order valence-electron chi connectivity index (χ1n) is 12.5. The summed E-state index contributed by atoms with van der Waals surface area (Å²) in [7, 11) is 0. The molecule has 0 spiro atoms. The third-order valence-corrected chi connectivity index (χ3v) is 6.81. The van der Waals surface area contributed by atoms with Crippen molar-refractivity contribution in [2.24, 2.45) is 0 Å². The first-order valence-corrected chi connectivity index (χ1v) is 12.5. The second-order valence-electron chi connectivity index (χ2n) is 9.82. The van der Waals surface area contributed by atoms with Crippen LogP contribution >= 0.6 is 0 Å². The number of rotatable bonds is 5. The Kier molecular flexibility index (Phi) is 6.65. The summed E-state index contributed by atoms with van der Waals surface area (Å²) in [6, 6.07) is 15.6. The molecule has 4 heterocycles. The minimum atomic E-state index is -0.338. The summed E-state index contributed by atoms with van der Waals surface area (Å²) in [5.74, 6) is 1.17. The number of nitrogens with one attached hydrogen (secondary N) is 1. The number of hydrogen-bond donors (Lipinski definition) is 1. The number of esters is 1. The third-order valence-electron chi connectivity index (χ3n) is 6.81. The van der Waals surface area contributed by atoms with Crippen LogP contribution in [0.2, 0.25) is 0 Å². The van der Waals surface area contributed by atoms with Crippen LogP contribution in [0.15, 0.2) is 60.9 Å². The first-order chi connectivity index (χ1) is 17.8. The van der Waals surface area contributed by atoms with Crippen LogP contribution in [0.5, 0.6) is 5.75 Å². The van der Waals surface area contributed by atoms with Gasteiger partial charge in [0.15, 0.2) is 0 Å². The third kappa shape index (κ3) is 5.18. The number of H-pyrrole nitrogens is 1. The molecule has 1 aromatic carbocycles. The number of pyridine rings is 2. The maximum absolute atomic E-state index is 12.5. The Morgan fingerprint density at radius 1 is 1.08 bits per heavy atom. The molecule has 1 aliphatic heterocycles. The Bertz CT molecular complexity index is 1430. The predicted octanol–water partition coefficient (Wildman–Crippen LogP) is 4.53. The van der Waals surface area contributed by atoms with Gasteiger partial charge in [-0.15, -0.1) is 0 Å². The van der Waals surface area contributed by atoms with Crippen LogP contribution < -0.4 is 9.64 Å². The number of carbonyl (C=O) groups is 2. The molecule has 5 rings (SSSR count). The molecule has 3 aromatic heterocycles. The minimum Gasteiger partial charge on any atom is -0.426 e. The fourth-order valence-corrected chi connectivity index (χ4v) is 5.18. The van der Waals surface area contributed by atoms with E-state index < -0.39 is 0 Å². The van der Waals surface area contributed by atoms with Gasteiger partial charge in [0.25, 0.3) is 0 Å². The fourth-order valence-electron chi connectivity index (χ4n) is 5.18. The van der Waals surface area contributed by atoms with E-state index in [2.05, 4.69) is 28.7 Å². The summed E-state index contributed by atoms with van der Waals surface area (Å²) in [4.78, 5) is 41.5. The van der Waals surface area contributed by atoms with Gasteiger partial charge < -0.3 is 19.5 Å². The van der Waals surface area contributed by atoms with Gasteiger partial charge in [0.1, 0.15) is 17.2 Å². The Morgan fingerprint density at radius 2 is 1.81 bits per heavy atom. The molecule has 0 radical (unpaired) electrons. The molecule has 37 heavy (non-hydrogen) atoms. The van der Waals surface area contributed by atoms with E-state index in [1.54, 1.807) is 25.3 Å². The number of nitrogens with zero attached hydrogens (tertiary/aromatic N) is 4. The van der Waals surface area contributed by atoms with Crippen molar-refractivity contribution in [3.63, 3.8) is 0 Å². The lowest BCUT2D eigenvalue weighted by Gasteiger charge is -2.44. The van der Waals surface area contributed by atoms with Gasteiger partial charge in [-0.05, 0) is 56.7 Å². The predicted molar refractivity (Wildman–Crippen MR) is 143 cm³/mol. The number of benzene rings is 1. The highest BCUT2D eigenvalue weighted by Crippen LogP contribution is 2.30.